The van der Waals surface area contributed by atoms with E-state index >= 15 is 0 Å². The minimum atomic E-state index is -3.59. The fraction of sp³-hybridized carbons (Fsp3) is 0.333. The zero-order chi connectivity index (χ0) is 22.4. The van der Waals surface area contributed by atoms with Crippen molar-refractivity contribution < 1.29 is 32.2 Å². The third kappa shape index (κ3) is 5.60. The quantitative estimate of drug-likeness (QED) is 0.643. The van der Waals surface area contributed by atoms with Crippen LogP contribution in [0.25, 0.3) is 0 Å². The van der Waals surface area contributed by atoms with E-state index in [0.717, 1.165) is 5.56 Å². The van der Waals surface area contributed by atoms with Gasteiger partial charge in [0, 0.05) is 18.8 Å². The van der Waals surface area contributed by atoms with Gasteiger partial charge in [-0.25, -0.2) is 13.2 Å². The van der Waals surface area contributed by atoms with Crippen molar-refractivity contribution in [3.63, 3.8) is 0 Å². The van der Waals surface area contributed by atoms with E-state index in [9.17, 15) is 18.0 Å². The van der Waals surface area contributed by atoms with E-state index in [4.69, 9.17) is 9.47 Å². The molecule has 0 radical (unpaired) electrons. The van der Waals surface area contributed by atoms with Gasteiger partial charge in [0.15, 0.2) is 6.61 Å². The molecule has 1 aliphatic rings. The fourth-order valence-electron chi connectivity index (χ4n) is 2.98. The average Bonchev–Trinajstić information content (AvgIpc) is 2.79. The number of anilines is 1. The van der Waals surface area contributed by atoms with Gasteiger partial charge in [-0.05, 0) is 48.9 Å². The summed E-state index contributed by atoms with van der Waals surface area (Å²) in [6.45, 7) is 2.90. The van der Waals surface area contributed by atoms with Crippen molar-refractivity contribution in [2.75, 3.05) is 45.3 Å². The Balaban J connectivity index is 1.59. The van der Waals surface area contributed by atoms with Crippen molar-refractivity contribution >= 4 is 27.6 Å². The Bertz CT molecular complexity index is 1050. The predicted octanol–water partition coefficient (Wildman–Crippen LogP) is 1.82. The van der Waals surface area contributed by atoms with Crippen LogP contribution in [0.4, 0.5) is 5.69 Å². The van der Waals surface area contributed by atoms with Crippen LogP contribution in [0.1, 0.15) is 15.9 Å². The summed E-state index contributed by atoms with van der Waals surface area (Å²) in [5, 5.41) is 2.69. The Morgan fingerprint density at radius 3 is 2.42 bits per heavy atom. The molecule has 0 unspecified atom stereocenters. The standard InChI is InChI=1S/C21H24N2O7S/c1-15-3-4-16(21(25)28-2)13-19(15)22-20(24)14-30-17-5-7-18(8-6-17)31(26,27)23-9-11-29-12-10-23/h3-8,13H,9-12,14H2,1-2H3,(H,22,24). The summed E-state index contributed by atoms with van der Waals surface area (Å²) in [5.74, 6) is -0.565. The second kappa shape index (κ2) is 9.90. The van der Waals surface area contributed by atoms with Crippen molar-refractivity contribution in [2.45, 2.75) is 11.8 Å². The van der Waals surface area contributed by atoms with Gasteiger partial charge in [0.2, 0.25) is 10.0 Å². The molecule has 3 rings (SSSR count). The lowest BCUT2D eigenvalue weighted by Crippen LogP contribution is -2.40. The molecule has 1 amide bonds. The van der Waals surface area contributed by atoms with E-state index in [-0.39, 0.29) is 11.5 Å². The van der Waals surface area contributed by atoms with Crippen LogP contribution >= 0.6 is 0 Å². The number of carbonyl (C=O) groups is 2. The topological polar surface area (TPSA) is 111 Å². The maximum absolute atomic E-state index is 12.6. The van der Waals surface area contributed by atoms with Crippen molar-refractivity contribution in [3.05, 3.63) is 53.6 Å². The maximum Gasteiger partial charge on any atom is 0.337 e. The number of benzene rings is 2. The van der Waals surface area contributed by atoms with Crippen molar-refractivity contribution in [3.8, 4) is 5.75 Å². The number of hydrogen-bond donors (Lipinski definition) is 1. The van der Waals surface area contributed by atoms with Gasteiger partial charge >= 0.3 is 5.97 Å². The number of aryl methyl sites for hydroxylation is 1. The Morgan fingerprint density at radius 2 is 1.77 bits per heavy atom. The van der Waals surface area contributed by atoms with Crippen LogP contribution in [0.2, 0.25) is 0 Å². The molecule has 0 bridgehead atoms. The van der Waals surface area contributed by atoms with Crippen LogP contribution in [0.3, 0.4) is 0 Å². The maximum atomic E-state index is 12.6. The molecule has 9 nitrogen and oxygen atoms in total. The van der Waals surface area contributed by atoms with Crippen LogP contribution in [-0.2, 0) is 24.3 Å². The molecule has 2 aromatic rings. The summed E-state index contributed by atoms with van der Waals surface area (Å²) >= 11 is 0. The molecule has 0 aliphatic carbocycles. The van der Waals surface area contributed by atoms with E-state index in [0.29, 0.717) is 43.3 Å². The van der Waals surface area contributed by atoms with Gasteiger partial charge in [0.05, 0.1) is 30.8 Å². The molecular weight excluding hydrogens is 424 g/mol. The fourth-order valence-corrected chi connectivity index (χ4v) is 4.39. The molecule has 0 atom stereocenters. The molecule has 1 fully saturated rings. The first-order valence-corrected chi connectivity index (χ1v) is 11.0. The summed E-state index contributed by atoms with van der Waals surface area (Å²) in [7, 11) is -2.30. The number of nitrogens with one attached hydrogen (secondary N) is 1. The minimum absolute atomic E-state index is 0.154. The zero-order valence-electron chi connectivity index (χ0n) is 17.3. The summed E-state index contributed by atoms with van der Waals surface area (Å²) in [6, 6.07) is 10.7. The summed E-state index contributed by atoms with van der Waals surface area (Å²) in [4.78, 5) is 24.1. The Kier molecular flexibility index (Phi) is 7.26. The SMILES string of the molecule is COC(=O)c1ccc(C)c(NC(=O)COc2ccc(S(=O)(=O)N3CCOCC3)cc2)c1. The average molecular weight is 448 g/mol. The molecule has 0 saturated carbocycles. The van der Waals surface area contributed by atoms with E-state index in [1.54, 1.807) is 19.1 Å². The first kappa shape index (κ1) is 22.7. The highest BCUT2D eigenvalue weighted by Gasteiger charge is 2.26. The number of ether oxygens (including phenoxy) is 3. The summed E-state index contributed by atoms with van der Waals surface area (Å²) in [5.41, 5.74) is 1.57. The first-order chi connectivity index (χ1) is 14.8. The molecule has 1 saturated heterocycles. The lowest BCUT2D eigenvalue weighted by molar-refractivity contribution is -0.118. The molecule has 31 heavy (non-hydrogen) atoms. The monoisotopic (exact) mass is 448 g/mol. The van der Waals surface area contributed by atoms with Crippen molar-refractivity contribution in [1.82, 2.24) is 4.31 Å². The molecule has 1 aliphatic heterocycles. The van der Waals surface area contributed by atoms with Crippen LogP contribution in [0.5, 0.6) is 5.75 Å². The number of sulfonamides is 1. The van der Waals surface area contributed by atoms with Gasteiger partial charge in [-0.3, -0.25) is 4.79 Å². The first-order valence-electron chi connectivity index (χ1n) is 9.61. The van der Waals surface area contributed by atoms with Gasteiger partial charge in [0.1, 0.15) is 5.75 Å². The highest BCUT2D eigenvalue weighted by atomic mass is 32.2. The molecule has 166 valence electrons. The van der Waals surface area contributed by atoms with E-state index in [1.807, 2.05) is 0 Å². The lowest BCUT2D eigenvalue weighted by Gasteiger charge is -2.26. The van der Waals surface area contributed by atoms with E-state index < -0.39 is 21.9 Å². The third-order valence-electron chi connectivity index (χ3n) is 4.73. The van der Waals surface area contributed by atoms with E-state index in [2.05, 4.69) is 10.1 Å². The number of amides is 1. The molecular formula is C21H24N2O7S. The van der Waals surface area contributed by atoms with Crippen molar-refractivity contribution in [2.24, 2.45) is 0 Å². The van der Waals surface area contributed by atoms with Crippen LogP contribution < -0.4 is 10.1 Å². The molecule has 0 spiro atoms. The van der Waals surface area contributed by atoms with Gasteiger partial charge < -0.3 is 19.5 Å². The third-order valence-corrected chi connectivity index (χ3v) is 6.65. The van der Waals surface area contributed by atoms with E-state index in [1.165, 1.54) is 41.7 Å². The van der Waals surface area contributed by atoms with Crippen LogP contribution in [0, 0.1) is 6.92 Å². The van der Waals surface area contributed by atoms with Crippen molar-refractivity contribution in [1.29, 1.82) is 0 Å². The number of morpholine rings is 1. The second-order valence-electron chi connectivity index (χ2n) is 6.85. The number of rotatable bonds is 7. The van der Waals surface area contributed by atoms with Crippen LogP contribution in [-0.4, -0.2) is 64.6 Å². The van der Waals surface area contributed by atoms with Gasteiger partial charge in [0.25, 0.3) is 5.91 Å². The van der Waals surface area contributed by atoms with Crippen LogP contribution in [0.15, 0.2) is 47.4 Å². The Morgan fingerprint density at radius 1 is 1.10 bits per heavy atom. The number of methoxy groups -OCH3 is 1. The Labute approximate surface area is 181 Å². The van der Waals surface area contributed by atoms with Gasteiger partial charge in [-0.1, -0.05) is 6.07 Å². The highest BCUT2D eigenvalue weighted by Crippen LogP contribution is 2.21. The predicted molar refractivity (Wildman–Crippen MR) is 113 cm³/mol. The number of nitrogens with zero attached hydrogens (tertiary/aromatic N) is 1. The minimum Gasteiger partial charge on any atom is -0.484 e. The Hall–Kier alpha value is -2.95. The van der Waals surface area contributed by atoms with Gasteiger partial charge in [-0.15, -0.1) is 0 Å². The molecule has 10 heteroatoms. The number of carbonyl (C=O) groups excluding carboxylic acids is 2. The largest absolute Gasteiger partial charge is 0.484 e. The highest BCUT2D eigenvalue weighted by molar-refractivity contribution is 7.89. The summed E-state index contributed by atoms with van der Waals surface area (Å²) < 4.78 is 42.0. The molecule has 1 heterocycles. The number of esters is 1. The zero-order valence-corrected chi connectivity index (χ0v) is 18.1. The van der Waals surface area contributed by atoms with Gasteiger partial charge in [-0.2, -0.15) is 4.31 Å². The molecule has 0 aromatic heterocycles. The molecule has 2 aromatic carbocycles. The lowest BCUT2D eigenvalue weighted by atomic mass is 10.1. The smallest absolute Gasteiger partial charge is 0.337 e. The summed E-state index contributed by atoms with van der Waals surface area (Å²) in [6.07, 6.45) is 0. The second-order valence-corrected chi connectivity index (χ2v) is 8.78. The molecule has 1 N–H and O–H groups in total. The normalized spacial score (nSPS) is 14.6. The number of hydrogen-bond acceptors (Lipinski definition) is 7.